The third kappa shape index (κ3) is 4.31. The first-order chi connectivity index (χ1) is 16.5. The first-order valence-electron chi connectivity index (χ1n) is 12.0. The highest BCUT2D eigenvalue weighted by atomic mass is 32.2. The van der Waals surface area contributed by atoms with E-state index in [1.807, 2.05) is 35.7 Å². The summed E-state index contributed by atoms with van der Waals surface area (Å²) in [6, 6.07) is 17.1. The van der Waals surface area contributed by atoms with E-state index >= 15 is 0 Å². The molecule has 1 N–H and O–H groups in total. The zero-order valence-electron chi connectivity index (χ0n) is 19.7. The fourth-order valence-electron chi connectivity index (χ4n) is 5.36. The molecule has 2 amide bonds. The molecule has 4 nitrogen and oxygen atoms in total. The molecule has 0 radical (unpaired) electrons. The average Bonchev–Trinajstić information content (AvgIpc) is 3.44. The highest BCUT2D eigenvalue weighted by Gasteiger charge is 2.47. The monoisotopic (exact) mass is 475 g/mol. The number of carbonyl (C=O) groups is 1. The molecule has 0 saturated heterocycles. The van der Waals surface area contributed by atoms with E-state index in [4.69, 9.17) is 4.98 Å². The fraction of sp³-hybridized carbons (Fsp3) is 0.357. The highest BCUT2D eigenvalue weighted by molar-refractivity contribution is 7.99. The Hall–Kier alpha value is -2.86. The second-order valence-corrected chi connectivity index (χ2v) is 10.7. The van der Waals surface area contributed by atoms with Gasteiger partial charge in [-0.3, -0.25) is 4.90 Å². The van der Waals surface area contributed by atoms with Crippen LogP contribution in [0.25, 0.3) is 11.3 Å². The number of carbonyl (C=O) groups excluding carboxylic acids is 1. The molecule has 0 unspecified atom stereocenters. The van der Waals surface area contributed by atoms with E-state index in [0.717, 1.165) is 65.2 Å². The summed E-state index contributed by atoms with van der Waals surface area (Å²) in [6.45, 7) is 5.21. The Kier molecular flexibility index (Phi) is 6.34. The lowest BCUT2D eigenvalue weighted by molar-refractivity contribution is 0.245. The number of aryl methyl sites for hydroxylation is 1. The summed E-state index contributed by atoms with van der Waals surface area (Å²) >= 11 is 1.81. The molecule has 34 heavy (non-hydrogen) atoms. The number of urea groups is 1. The van der Waals surface area contributed by atoms with Gasteiger partial charge in [-0.1, -0.05) is 31.9 Å². The summed E-state index contributed by atoms with van der Waals surface area (Å²) < 4.78 is 13.6. The molecule has 1 aromatic heterocycles. The molecular formula is C28H30FN3OS. The fourth-order valence-corrected chi connectivity index (χ4v) is 6.02. The van der Waals surface area contributed by atoms with Crippen LogP contribution in [0.1, 0.15) is 49.4 Å². The minimum atomic E-state index is -0.240. The smallest absolute Gasteiger partial charge is 0.322 e. The lowest BCUT2D eigenvalue weighted by Gasteiger charge is -2.24. The summed E-state index contributed by atoms with van der Waals surface area (Å²) in [7, 11) is 0. The number of nitrogens with zero attached hydrogens (tertiary/aromatic N) is 2. The minimum absolute atomic E-state index is 0.0791. The van der Waals surface area contributed by atoms with Gasteiger partial charge in [0.25, 0.3) is 0 Å². The number of hydrogen-bond donors (Lipinski definition) is 1. The van der Waals surface area contributed by atoms with Crippen LogP contribution >= 0.6 is 11.8 Å². The van der Waals surface area contributed by atoms with Crippen molar-refractivity contribution in [2.45, 2.75) is 56.4 Å². The van der Waals surface area contributed by atoms with Crippen molar-refractivity contribution in [2.75, 3.05) is 17.2 Å². The van der Waals surface area contributed by atoms with Gasteiger partial charge in [-0.25, -0.2) is 14.2 Å². The molecule has 1 aliphatic carbocycles. The Bertz CT molecular complexity index is 1200. The van der Waals surface area contributed by atoms with E-state index in [9.17, 15) is 9.18 Å². The van der Waals surface area contributed by atoms with E-state index in [1.165, 1.54) is 11.0 Å². The maximum Gasteiger partial charge on any atom is 0.322 e. The Morgan fingerprint density at radius 2 is 1.88 bits per heavy atom. The van der Waals surface area contributed by atoms with E-state index in [0.29, 0.717) is 13.1 Å². The van der Waals surface area contributed by atoms with Gasteiger partial charge in [0, 0.05) is 29.0 Å². The normalized spacial score (nSPS) is 16.1. The van der Waals surface area contributed by atoms with E-state index in [1.54, 1.807) is 12.1 Å². The van der Waals surface area contributed by atoms with Crippen LogP contribution in [0, 0.1) is 12.7 Å². The third-order valence-corrected chi connectivity index (χ3v) is 7.97. The number of rotatable bonds is 5. The first kappa shape index (κ1) is 22.9. The van der Waals surface area contributed by atoms with Gasteiger partial charge in [-0.05, 0) is 79.1 Å². The van der Waals surface area contributed by atoms with Crippen molar-refractivity contribution in [3.8, 4) is 11.3 Å². The molecule has 1 saturated carbocycles. The van der Waals surface area contributed by atoms with Crippen LogP contribution in [-0.4, -0.2) is 23.3 Å². The Balaban J connectivity index is 1.39. The molecule has 2 aliphatic rings. The highest BCUT2D eigenvalue weighted by Crippen LogP contribution is 2.50. The summed E-state index contributed by atoms with van der Waals surface area (Å²) in [5.41, 5.74) is 5.56. The number of aromatic nitrogens is 1. The van der Waals surface area contributed by atoms with Crippen LogP contribution in [-0.2, 0) is 12.0 Å². The number of benzene rings is 2. The summed E-state index contributed by atoms with van der Waals surface area (Å²) in [5, 5.41) is 3.11. The van der Waals surface area contributed by atoms with Gasteiger partial charge in [0.2, 0.25) is 0 Å². The molecule has 1 spiro atoms. The standard InChI is InChI=1S/C28H30FN3OS/c1-3-34-22-9-6-20(7-10-22)17-30-27(33)32-18-28(14-4-5-15-28)26-25(32)13-12-24(31-26)23-11-8-21(29)16-19(23)2/h6-13,16H,3-5,14-15,17-18H2,1-2H3,(H,30,33). The number of anilines is 1. The lowest BCUT2D eigenvalue weighted by atomic mass is 9.84. The van der Waals surface area contributed by atoms with E-state index in [-0.39, 0.29) is 17.3 Å². The van der Waals surface area contributed by atoms with Gasteiger partial charge in [0.15, 0.2) is 0 Å². The van der Waals surface area contributed by atoms with Crippen LogP contribution in [0.2, 0.25) is 0 Å². The van der Waals surface area contributed by atoms with Crippen molar-refractivity contribution < 1.29 is 9.18 Å². The molecule has 176 valence electrons. The maximum absolute atomic E-state index is 13.6. The largest absolute Gasteiger partial charge is 0.334 e. The van der Waals surface area contributed by atoms with Crippen molar-refractivity contribution in [1.29, 1.82) is 0 Å². The number of hydrogen-bond acceptors (Lipinski definition) is 3. The van der Waals surface area contributed by atoms with Crippen molar-refractivity contribution in [3.63, 3.8) is 0 Å². The number of halogens is 1. The van der Waals surface area contributed by atoms with E-state index in [2.05, 4.69) is 36.5 Å². The van der Waals surface area contributed by atoms with Crippen molar-refractivity contribution in [1.82, 2.24) is 10.3 Å². The van der Waals surface area contributed by atoms with Crippen LogP contribution in [0.15, 0.2) is 59.5 Å². The second kappa shape index (κ2) is 9.41. The van der Waals surface area contributed by atoms with E-state index < -0.39 is 0 Å². The molecule has 0 bridgehead atoms. The Morgan fingerprint density at radius 1 is 1.12 bits per heavy atom. The predicted octanol–water partition coefficient (Wildman–Crippen LogP) is 6.85. The van der Waals surface area contributed by atoms with Gasteiger partial charge in [-0.2, -0.15) is 0 Å². The SMILES string of the molecule is CCSc1ccc(CNC(=O)N2CC3(CCCC3)c3nc(-c4ccc(F)cc4C)ccc32)cc1. The molecule has 1 aliphatic heterocycles. The van der Waals surface area contributed by atoms with Crippen LogP contribution in [0.4, 0.5) is 14.9 Å². The Morgan fingerprint density at radius 3 is 2.59 bits per heavy atom. The number of thioether (sulfide) groups is 1. The summed E-state index contributed by atoms with van der Waals surface area (Å²) in [4.78, 5) is 21.5. The van der Waals surface area contributed by atoms with Crippen LogP contribution < -0.4 is 10.2 Å². The zero-order valence-corrected chi connectivity index (χ0v) is 20.6. The topological polar surface area (TPSA) is 45.2 Å². The summed E-state index contributed by atoms with van der Waals surface area (Å²) in [6.07, 6.45) is 4.38. The van der Waals surface area contributed by atoms with Gasteiger partial charge < -0.3 is 5.32 Å². The quantitative estimate of drug-likeness (QED) is 0.411. The number of fused-ring (bicyclic) bond motifs is 2. The molecule has 3 aromatic rings. The molecule has 5 rings (SSSR count). The third-order valence-electron chi connectivity index (χ3n) is 7.08. The molecule has 2 heterocycles. The van der Waals surface area contributed by atoms with Crippen molar-refractivity contribution in [3.05, 3.63) is 77.2 Å². The molecule has 2 aromatic carbocycles. The van der Waals surface area contributed by atoms with Gasteiger partial charge in [-0.15, -0.1) is 11.8 Å². The van der Waals surface area contributed by atoms with Crippen LogP contribution in [0.3, 0.4) is 0 Å². The zero-order chi connectivity index (χ0) is 23.7. The Labute approximate surface area is 205 Å². The molecular weight excluding hydrogens is 445 g/mol. The van der Waals surface area contributed by atoms with Gasteiger partial charge in [0.1, 0.15) is 5.82 Å². The van der Waals surface area contributed by atoms with Gasteiger partial charge in [0.05, 0.1) is 17.1 Å². The summed E-state index contributed by atoms with van der Waals surface area (Å²) in [5.74, 6) is 0.805. The van der Waals surface area contributed by atoms with Crippen molar-refractivity contribution >= 4 is 23.5 Å². The number of nitrogens with one attached hydrogen (secondary N) is 1. The van der Waals surface area contributed by atoms with Crippen LogP contribution in [0.5, 0.6) is 0 Å². The number of pyridine rings is 1. The minimum Gasteiger partial charge on any atom is -0.334 e. The molecule has 1 fully saturated rings. The average molecular weight is 476 g/mol. The maximum atomic E-state index is 13.6. The second-order valence-electron chi connectivity index (χ2n) is 9.33. The van der Waals surface area contributed by atoms with Gasteiger partial charge >= 0.3 is 6.03 Å². The molecule has 6 heteroatoms. The predicted molar refractivity (Wildman–Crippen MR) is 137 cm³/mol. The lowest BCUT2D eigenvalue weighted by Crippen LogP contribution is -2.41. The molecule has 0 atom stereocenters. The van der Waals surface area contributed by atoms with Crippen molar-refractivity contribution in [2.24, 2.45) is 0 Å². The first-order valence-corrected chi connectivity index (χ1v) is 13.0. The number of amides is 2.